The average molecular weight is 254 g/mol. The highest BCUT2D eigenvalue weighted by Gasteiger charge is 2.32. The van der Waals surface area contributed by atoms with Crippen LogP contribution in [0.3, 0.4) is 0 Å². The van der Waals surface area contributed by atoms with Gasteiger partial charge in [0.15, 0.2) is 0 Å². The third-order valence-electron chi connectivity index (χ3n) is 3.87. The van der Waals surface area contributed by atoms with Crippen molar-refractivity contribution in [1.29, 1.82) is 0 Å². The highest BCUT2D eigenvalue weighted by Crippen LogP contribution is 2.36. The third kappa shape index (κ3) is 3.27. The van der Waals surface area contributed by atoms with Gasteiger partial charge in [0.1, 0.15) is 0 Å². The summed E-state index contributed by atoms with van der Waals surface area (Å²) in [7, 11) is 0. The summed E-state index contributed by atoms with van der Waals surface area (Å²) in [6.45, 7) is 4.35. The number of hydrogen-bond acceptors (Lipinski definition) is 4. The molecule has 17 heavy (non-hydrogen) atoms. The maximum absolute atomic E-state index is 9.50. The number of thiazole rings is 1. The monoisotopic (exact) mass is 254 g/mol. The molecule has 0 bridgehead atoms. The van der Waals surface area contributed by atoms with Crippen molar-refractivity contribution in [2.24, 2.45) is 5.41 Å². The Morgan fingerprint density at radius 2 is 2.24 bits per heavy atom. The Labute approximate surface area is 107 Å². The van der Waals surface area contributed by atoms with E-state index in [0.717, 1.165) is 25.2 Å². The molecule has 1 saturated carbocycles. The summed E-state index contributed by atoms with van der Waals surface area (Å²) in [5, 5.41) is 13.0. The SMILES string of the molecule is Cc1ncsc1CCNCC1(CO)CCCC1. The lowest BCUT2D eigenvalue weighted by atomic mass is 9.87. The Morgan fingerprint density at radius 3 is 2.82 bits per heavy atom. The number of rotatable bonds is 6. The van der Waals surface area contributed by atoms with Gasteiger partial charge in [-0.1, -0.05) is 12.8 Å². The number of nitrogens with zero attached hydrogens (tertiary/aromatic N) is 1. The van der Waals surface area contributed by atoms with Gasteiger partial charge in [0.2, 0.25) is 0 Å². The third-order valence-corrected chi connectivity index (χ3v) is 4.87. The lowest BCUT2D eigenvalue weighted by Gasteiger charge is -2.26. The van der Waals surface area contributed by atoms with Gasteiger partial charge in [-0.25, -0.2) is 4.98 Å². The van der Waals surface area contributed by atoms with Crippen molar-refractivity contribution in [3.8, 4) is 0 Å². The molecule has 0 unspecified atom stereocenters. The number of nitrogens with one attached hydrogen (secondary N) is 1. The summed E-state index contributed by atoms with van der Waals surface area (Å²) in [5.41, 5.74) is 3.24. The van der Waals surface area contributed by atoms with Crippen LogP contribution in [-0.2, 0) is 6.42 Å². The molecular formula is C13H22N2OS. The minimum absolute atomic E-state index is 0.169. The second-order valence-corrected chi connectivity index (χ2v) is 6.09. The molecule has 96 valence electrons. The van der Waals surface area contributed by atoms with E-state index in [1.165, 1.54) is 30.6 Å². The molecule has 0 spiro atoms. The van der Waals surface area contributed by atoms with Gasteiger partial charge >= 0.3 is 0 Å². The van der Waals surface area contributed by atoms with Gasteiger partial charge in [-0.2, -0.15) is 0 Å². The summed E-state index contributed by atoms with van der Waals surface area (Å²) in [4.78, 5) is 5.63. The first-order valence-electron chi connectivity index (χ1n) is 6.46. The van der Waals surface area contributed by atoms with Crippen LogP contribution in [0.4, 0.5) is 0 Å². The minimum Gasteiger partial charge on any atom is -0.396 e. The number of aryl methyl sites for hydroxylation is 1. The first-order valence-corrected chi connectivity index (χ1v) is 7.34. The second kappa shape index (κ2) is 5.94. The first kappa shape index (κ1) is 13.0. The van der Waals surface area contributed by atoms with Gasteiger partial charge in [0.05, 0.1) is 11.2 Å². The van der Waals surface area contributed by atoms with Crippen molar-refractivity contribution < 1.29 is 5.11 Å². The Morgan fingerprint density at radius 1 is 1.47 bits per heavy atom. The van der Waals surface area contributed by atoms with Crippen LogP contribution < -0.4 is 5.32 Å². The highest BCUT2D eigenvalue weighted by molar-refractivity contribution is 7.09. The Bertz CT molecular complexity index is 345. The normalized spacial score (nSPS) is 18.7. The first-order chi connectivity index (χ1) is 8.26. The van der Waals surface area contributed by atoms with Crippen LogP contribution in [0.1, 0.15) is 36.3 Å². The maximum Gasteiger partial charge on any atom is 0.0797 e. The fourth-order valence-corrected chi connectivity index (χ4v) is 3.42. The van der Waals surface area contributed by atoms with Gasteiger partial charge in [-0.3, -0.25) is 0 Å². The molecule has 0 aromatic carbocycles. The summed E-state index contributed by atoms with van der Waals surface area (Å²) in [5.74, 6) is 0. The van der Waals surface area contributed by atoms with E-state index in [1.807, 2.05) is 5.51 Å². The Balaban J connectivity index is 1.71. The van der Waals surface area contributed by atoms with Crippen LogP contribution >= 0.6 is 11.3 Å². The van der Waals surface area contributed by atoms with Gasteiger partial charge in [-0.15, -0.1) is 11.3 Å². The van der Waals surface area contributed by atoms with E-state index in [4.69, 9.17) is 0 Å². The number of aromatic nitrogens is 1. The Hall–Kier alpha value is -0.450. The number of hydrogen-bond donors (Lipinski definition) is 2. The molecule has 3 nitrogen and oxygen atoms in total. The molecule has 0 aliphatic heterocycles. The fourth-order valence-electron chi connectivity index (χ4n) is 2.64. The largest absolute Gasteiger partial charge is 0.396 e. The lowest BCUT2D eigenvalue weighted by Crippen LogP contribution is -2.36. The van der Waals surface area contributed by atoms with Crippen molar-refractivity contribution >= 4 is 11.3 Å². The molecule has 0 radical (unpaired) electrons. The molecule has 0 amide bonds. The molecule has 0 saturated heterocycles. The van der Waals surface area contributed by atoms with E-state index >= 15 is 0 Å². The van der Waals surface area contributed by atoms with Crippen molar-refractivity contribution in [2.45, 2.75) is 39.0 Å². The predicted molar refractivity (Wildman–Crippen MR) is 71.4 cm³/mol. The van der Waals surface area contributed by atoms with Crippen LogP contribution in [0.25, 0.3) is 0 Å². The van der Waals surface area contributed by atoms with Crippen LogP contribution in [0.5, 0.6) is 0 Å². The molecule has 2 rings (SSSR count). The molecule has 1 aliphatic carbocycles. The molecule has 1 heterocycles. The maximum atomic E-state index is 9.50. The summed E-state index contributed by atoms with van der Waals surface area (Å²) < 4.78 is 0. The molecule has 1 aromatic heterocycles. The molecule has 1 aromatic rings. The van der Waals surface area contributed by atoms with E-state index < -0.39 is 0 Å². The van der Waals surface area contributed by atoms with Crippen molar-refractivity contribution in [3.05, 3.63) is 16.1 Å². The van der Waals surface area contributed by atoms with Crippen molar-refractivity contribution in [2.75, 3.05) is 19.7 Å². The van der Waals surface area contributed by atoms with E-state index in [0.29, 0.717) is 6.61 Å². The molecule has 0 atom stereocenters. The van der Waals surface area contributed by atoms with Gasteiger partial charge in [-0.05, 0) is 26.2 Å². The van der Waals surface area contributed by atoms with Crippen molar-refractivity contribution in [1.82, 2.24) is 10.3 Å². The highest BCUT2D eigenvalue weighted by atomic mass is 32.1. The van der Waals surface area contributed by atoms with Crippen molar-refractivity contribution in [3.63, 3.8) is 0 Å². The topological polar surface area (TPSA) is 45.2 Å². The van der Waals surface area contributed by atoms with Gasteiger partial charge in [0.25, 0.3) is 0 Å². The smallest absolute Gasteiger partial charge is 0.0797 e. The van der Waals surface area contributed by atoms with E-state index in [2.05, 4.69) is 17.2 Å². The standard InChI is InChI=1S/C13H22N2OS/c1-11-12(17-10-15-11)4-7-14-8-13(9-16)5-2-3-6-13/h10,14,16H,2-9H2,1H3. The summed E-state index contributed by atoms with van der Waals surface area (Å²) in [6, 6.07) is 0. The second-order valence-electron chi connectivity index (χ2n) is 5.15. The zero-order valence-corrected chi connectivity index (χ0v) is 11.4. The van der Waals surface area contributed by atoms with Crippen LogP contribution in [0.2, 0.25) is 0 Å². The molecular weight excluding hydrogens is 232 g/mol. The molecule has 1 aliphatic rings. The van der Waals surface area contributed by atoms with E-state index in [1.54, 1.807) is 11.3 Å². The summed E-state index contributed by atoms with van der Waals surface area (Å²) >= 11 is 1.74. The van der Waals surface area contributed by atoms with E-state index in [9.17, 15) is 5.11 Å². The van der Waals surface area contributed by atoms with Crippen LogP contribution in [0, 0.1) is 12.3 Å². The zero-order valence-electron chi connectivity index (χ0n) is 10.5. The predicted octanol–water partition coefficient (Wildman–Crippen LogP) is 2.14. The molecule has 4 heteroatoms. The van der Waals surface area contributed by atoms with E-state index in [-0.39, 0.29) is 5.41 Å². The minimum atomic E-state index is 0.169. The number of aliphatic hydroxyl groups excluding tert-OH is 1. The summed E-state index contributed by atoms with van der Waals surface area (Å²) in [6.07, 6.45) is 5.95. The van der Waals surface area contributed by atoms with Crippen LogP contribution in [-0.4, -0.2) is 29.8 Å². The Kier molecular flexibility index (Phi) is 4.54. The molecule has 1 fully saturated rings. The lowest BCUT2D eigenvalue weighted by molar-refractivity contribution is 0.128. The molecule has 2 N–H and O–H groups in total. The van der Waals surface area contributed by atoms with Gasteiger partial charge < -0.3 is 10.4 Å². The average Bonchev–Trinajstić information content (AvgIpc) is 2.95. The fraction of sp³-hybridized carbons (Fsp3) is 0.769. The quantitative estimate of drug-likeness (QED) is 0.765. The van der Waals surface area contributed by atoms with Crippen LogP contribution in [0.15, 0.2) is 5.51 Å². The zero-order chi connectivity index (χ0) is 12.1. The van der Waals surface area contributed by atoms with Gasteiger partial charge in [0, 0.05) is 30.0 Å². The number of aliphatic hydroxyl groups is 1.